The van der Waals surface area contributed by atoms with Crippen LogP contribution in [0.4, 0.5) is 0 Å². The number of benzene rings is 2. The van der Waals surface area contributed by atoms with Crippen molar-refractivity contribution in [2.75, 3.05) is 20.4 Å². The number of nitrogens with zero attached hydrogens (tertiary/aromatic N) is 1. The third-order valence-electron chi connectivity index (χ3n) is 3.58. The molecule has 0 amide bonds. The Labute approximate surface area is 147 Å². The fraction of sp³-hybridized carbons (Fsp3) is 0.200. The van der Waals surface area contributed by atoms with Crippen LogP contribution in [-0.2, 0) is 0 Å². The summed E-state index contributed by atoms with van der Waals surface area (Å²) in [5, 5.41) is 0. The Morgan fingerprint density at radius 2 is 1.91 bits per heavy atom. The SMILES string of the molecule is CSc1ccc2c(c1)C(CC#CN(C)C)=Cc1ccccc1S2. The number of hydrogen-bond acceptors (Lipinski definition) is 3. The zero-order chi connectivity index (χ0) is 16.2. The minimum Gasteiger partial charge on any atom is -0.339 e. The van der Waals surface area contributed by atoms with E-state index >= 15 is 0 Å². The molecular weight excluding hydrogens is 318 g/mol. The summed E-state index contributed by atoms with van der Waals surface area (Å²) in [5.41, 5.74) is 3.88. The Bertz CT molecular complexity index is 810. The van der Waals surface area contributed by atoms with Gasteiger partial charge in [0.2, 0.25) is 0 Å². The second-order valence-electron chi connectivity index (χ2n) is 5.53. The van der Waals surface area contributed by atoms with E-state index in [1.54, 1.807) is 11.8 Å². The van der Waals surface area contributed by atoms with Crippen LogP contribution in [0.5, 0.6) is 0 Å². The highest BCUT2D eigenvalue weighted by Gasteiger charge is 2.15. The maximum atomic E-state index is 3.28. The van der Waals surface area contributed by atoms with Gasteiger partial charge in [0.1, 0.15) is 0 Å². The zero-order valence-electron chi connectivity index (χ0n) is 13.6. The summed E-state index contributed by atoms with van der Waals surface area (Å²) in [6.07, 6.45) is 5.18. The molecule has 0 spiro atoms. The van der Waals surface area contributed by atoms with Gasteiger partial charge in [-0.3, -0.25) is 0 Å². The van der Waals surface area contributed by atoms with E-state index in [4.69, 9.17) is 0 Å². The predicted octanol–water partition coefficient (Wildman–Crippen LogP) is 5.33. The Balaban J connectivity index is 2.10. The van der Waals surface area contributed by atoms with Gasteiger partial charge in [0.05, 0.1) is 0 Å². The largest absolute Gasteiger partial charge is 0.339 e. The quantitative estimate of drug-likeness (QED) is 0.414. The molecule has 2 aromatic carbocycles. The van der Waals surface area contributed by atoms with Gasteiger partial charge in [-0.2, -0.15) is 0 Å². The molecule has 1 nitrogen and oxygen atoms in total. The van der Waals surface area contributed by atoms with Crippen LogP contribution in [0.2, 0.25) is 0 Å². The lowest BCUT2D eigenvalue weighted by atomic mass is 10.00. The summed E-state index contributed by atoms with van der Waals surface area (Å²) >= 11 is 3.63. The summed E-state index contributed by atoms with van der Waals surface area (Å²) < 4.78 is 0. The molecule has 0 unspecified atom stereocenters. The van der Waals surface area contributed by atoms with Crippen molar-refractivity contribution in [2.45, 2.75) is 21.1 Å². The number of thioether (sulfide) groups is 1. The molecule has 0 fully saturated rings. The highest BCUT2D eigenvalue weighted by molar-refractivity contribution is 7.99. The standard InChI is InChI=1S/C20H19NS2/c1-21(2)12-6-8-15-13-16-7-4-5-9-19(16)23-20-11-10-17(22-3)14-18(15)20/h4-5,7,9-11,13-14H,8H2,1-3H3. The Morgan fingerprint density at radius 1 is 1.09 bits per heavy atom. The molecule has 3 heteroatoms. The van der Waals surface area contributed by atoms with Crippen molar-refractivity contribution >= 4 is 35.2 Å². The van der Waals surface area contributed by atoms with E-state index in [0.717, 1.165) is 6.42 Å². The smallest absolute Gasteiger partial charge is 0.0365 e. The van der Waals surface area contributed by atoms with Crippen molar-refractivity contribution in [1.29, 1.82) is 0 Å². The number of allylic oxidation sites excluding steroid dienone is 1. The Hall–Kier alpha value is -1.76. The minimum absolute atomic E-state index is 0.762. The average Bonchev–Trinajstić information content (AvgIpc) is 2.70. The summed E-state index contributed by atoms with van der Waals surface area (Å²) in [7, 11) is 3.94. The lowest BCUT2D eigenvalue weighted by molar-refractivity contribution is 0.597. The van der Waals surface area contributed by atoms with E-state index in [1.807, 2.05) is 30.8 Å². The Morgan fingerprint density at radius 3 is 2.70 bits per heavy atom. The normalized spacial score (nSPS) is 12.2. The number of fused-ring (bicyclic) bond motifs is 2. The predicted molar refractivity (Wildman–Crippen MR) is 103 cm³/mol. The van der Waals surface area contributed by atoms with Gasteiger partial charge in [-0.15, -0.1) is 11.8 Å². The van der Waals surface area contributed by atoms with Crippen LogP contribution in [-0.4, -0.2) is 25.3 Å². The molecule has 0 aliphatic carbocycles. The van der Waals surface area contributed by atoms with Crippen LogP contribution >= 0.6 is 23.5 Å². The molecule has 0 saturated carbocycles. The van der Waals surface area contributed by atoms with Gasteiger partial charge in [-0.05, 0) is 53.3 Å². The second-order valence-corrected chi connectivity index (χ2v) is 7.49. The number of rotatable bonds is 2. The molecule has 0 aromatic heterocycles. The van der Waals surface area contributed by atoms with E-state index < -0.39 is 0 Å². The first-order valence-electron chi connectivity index (χ1n) is 7.49. The van der Waals surface area contributed by atoms with Crippen LogP contribution in [0.15, 0.2) is 57.2 Å². The first-order valence-corrected chi connectivity index (χ1v) is 9.53. The van der Waals surface area contributed by atoms with Crippen LogP contribution < -0.4 is 0 Å². The Kier molecular flexibility index (Phi) is 5.05. The van der Waals surface area contributed by atoms with Crippen molar-refractivity contribution in [3.63, 3.8) is 0 Å². The van der Waals surface area contributed by atoms with E-state index in [2.05, 4.69) is 66.8 Å². The van der Waals surface area contributed by atoms with Gasteiger partial charge in [0, 0.05) is 41.2 Å². The van der Waals surface area contributed by atoms with Crippen molar-refractivity contribution in [2.24, 2.45) is 0 Å². The van der Waals surface area contributed by atoms with Crippen LogP contribution in [0.3, 0.4) is 0 Å². The summed E-state index contributed by atoms with van der Waals surface area (Å²) in [5.74, 6) is 3.28. The minimum atomic E-state index is 0.762. The molecule has 0 atom stereocenters. The topological polar surface area (TPSA) is 3.24 Å². The maximum absolute atomic E-state index is 3.28. The summed E-state index contributed by atoms with van der Waals surface area (Å²) in [4.78, 5) is 5.81. The van der Waals surface area contributed by atoms with Gasteiger partial charge < -0.3 is 4.90 Å². The van der Waals surface area contributed by atoms with Gasteiger partial charge in [-0.1, -0.05) is 35.9 Å². The van der Waals surface area contributed by atoms with Gasteiger partial charge >= 0.3 is 0 Å². The summed E-state index contributed by atoms with van der Waals surface area (Å²) in [6.45, 7) is 0. The van der Waals surface area contributed by atoms with Crippen molar-refractivity contribution in [3.05, 3.63) is 53.6 Å². The lowest BCUT2D eigenvalue weighted by Crippen LogP contribution is -2.00. The molecule has 3 rings (SSSR count). The summed E-state index contributed by atoms with van der Waals surface area (Å²) in [6, 6.07) is 18.4. The highest BCUT2D eigenvalue weighted by Crippen LogP contribution is 2.42. The second kappa shape index (κ2) is 7.21. The number of hydrogen-bond donors (Lipinski definition) is 0. The first kappa shape index (κ1) is 16.1. The van der Waals surface area contributed by atoms with Crippen molar-refractivity contribution in [1.82, 2.24) is 4.90 Å². The van der Waals surface area contributed by atoms with Crippen LogP contribution in [0.25, 0.3) is 11.6 Å². The first-order chi connectivity index (χ1) is 11.2. The molecule has 0 radical (unpaired) electrons. The van der Waals surface area contributed by atoms with Gasteiger partial charge in [0.25, 0.3) is 0 Å². The van der Waals surface area contributed by atoms with Crippen molar-refractivity contribution < 1.29 is 0 Å². The lowest BCUT2D eigenvalue weighted by Gasteiger charge is -2.10. The molecule has 2 aromatic rings. The molecule has 1 aliphatic rings. The monoisotopic (exact) mass is 337 g/mol. The molecular formula is C20H19NS2. The fourth-order valence-electron chi connectivity index (χ4n) is 2.49. The molecule has 1 heterocycles. The maximum Gasteiger partial charge on any atom is 0.0365 e. The van der Waals surface area contributed by atoms with Crippen LogP contribution in [0, 0.1) is 12.0 Å². The van der Waals surface area contributed by atoms with Gasteiger partial charge in [-0.25, -0.2) is 0 Å². The van der Waals surface area contributed by atoms with E-state index in [1.165, 1.54) is 31.4 Å². The molecule has 23 heavy (non-hydrogen) atoms. The van der Waals surface area contributed by atoms with E-state index in [9.17, 15) is 0 Å². The third kappa shape index (κ3) is 3.77. The molecule has 0 bridgehead atoms. The molecule has 116 valence electrons. The zero-order valence-corrected chi connectivity index (χ0v) is 15.2. The van der Waals surface area contributed by atoms with Crippen molar-refractivity contribution in [3.8, 4) is 12.0 Å². The third-order valence-corrected chi connectivity index (χ3v) is 5.48. The fourth-order valence-corrected chi connectivity index (χ4v) is 4.00. The molecule has 0 N–H and O–H groups in total. The van der Waals surface area contributed by atoms with Gasteiger partial charge in [0.15, 0.2) is 0 Å². The highest BCUT2D eigenvalue weighted by atomic mass is 32.2. The molecule has 0 saturated heterocycles. The van der Waals surface area contributed by atoms with E-state index in [-0.39, 0.29) is 0 Å². The van der Waals surface area contributed by atoms with Crippen LogP contribution in [0.1, 0.15) is 17.5 Å². The molecule has 1 aliphatic heterocycles. The average molecular weight is 338 g/mol. The van der Waals surface area contributed by atoms with E-state index in [0.29, 0.717) is 0 Å².